The van der Waals surface area contributed by atoms with Gasteiger partial charge in [0.1, 0.15) is 0 Å². The average Bonchev–Trinajstić information content (AvgIpc) is 2.59. The minimum absolute atomic E-state index is 0.405. The molecule has 3 rings (SSSR count). The van der Waals surface area contributed by atoms with Gasteiger partial charge in [-0.2, -0.15) is 0 Å². The molecule has 74 valence electrons. The molecule has 2 heterocycles. The van der Waals surface area contributed by atoms with Crippen LogP contribution in [-0.4, -0.2) is 19.5 Å². The van der Waals surface area contributed by atoms with E-state index < -0.39 is 0 Å². The number of hydrogen-bond acceptors (Lipinski definition) is 1. The van der Waals surface area contributed by atoms with Crippen LogP contribution in [0.1, 0.15) is 11.1 Å². The van der Waals surface area contributed by atoms with Crippen LogP contribution < -0.4 is 0 Å². The van der Waals surface area contributed by atoms with Gasteiger partial charge in [0, 0.05) is 0 Å². The van der Waals surface area contributed by atoms with Gasteiger partial charge in [0.05, 0.1) is 0 Å². The predicted octanol–water partition coefficient (Wildman–Crippen LogP) is 3.06. The van der Waals surface area contributed by atoms with Crippen LogP contribution in [0.5, 0.6) is 0 Å². The van der Waals surface area contributed by atoms with Crippen LogP contribution in [0.3, 0.4) is 0 Å². The van der Waals surface area contributed by atoms with Crippen LogP contribution in [0.25, 0.3) is 19.4 Å². The van der Waals surface area contributed by atoms with Gasteiger partial charge in [-0.25, -0.2) is 0 Å². The van der Waals surface area contributed by atoms with Gasteiger partial charge in [0.25, 0.3) is 0 Å². The Labute approximate surface area is 94.5 Å². The van der Waals surface area contributed by atoms with Crippen molar-refractivity contribution in [2.75, 3.05) is 0 Å². The van der Waals surface area contributed by atoms with Crippen LogP contribution in [0.15, 0.2) is 30.5 Å². The number of benzene rings is 1. The van der Waals surface area contributed by atoms with E-state index in [1.807, 2.05) is 6.20 Å². The molecule has 2 heteroatoms. The second-order valence-corrected chi connectivity index (χ2v) is 5.96. The van der Waals surface area contributed by atoms with Gasteiger partial charge in [-0.3, -0.25) is 0 Å². The molecular weight excluding hydrogens is 249 g/mol. The Bertz CT molecular complexity index is 652. The van der Waals surface area contributed by atoms with Gasteiger partial charge in [-0.05, 0) is 0 Å². The third-order valence-corrected chi connectivity index (χ3v) is 5.42. The van der Waals surface area contributed by atoms with Crippen molar-refractivity contribution in [3.05, 3.63) is 41.6 Å². The van der Waals surface area contributed by atoms with E-state index in [2.05, 4.69) is 43.1 Å². The van der Waals surface area contributed by atoms with Gasteiger partial charge < -0.3 is 0 Å². The summed E-state index contributed by atoms with van der Waals surface area (Å²) < 4.78 is 2.81. The van der Waals surface area contributed by atoms with Crippen molar-refractivity contribution >= 4 is 33.9 Å². The number of aromatic nitrogens is 1. The van der Waals surface area contributed by atoms with Crippen LogP contribution in [-0.2, 0) is 0 Å². The number of nitrogens with zero attached hydrogens (tertiary/aromatic N) is 1. The Balaban J connectivity index is 2.65. The van der Waals surface area contributed by atoms with Crippen molar-refractivity contribution in [3.63, 3.8) is 0 Å². The number of fused-ring (bicyclic) bond motifs is 3. The Morgan fingerprint density at radius 2 is 1.93 bits per heavy atom. The predicted molar refractivity (Wildman–Crippen MR) is 65.7 cm³/mol. The molecule has 0 unspecified atom stereocenters. The fraction of sp³-hybridized carbons (Fsp3) is 0.154. The van der Waals surface area contributed by atoms with Crippen LogP contribution >= 0.6 is 0 Å². The molecule has 0 amide bonds. The molecule has 0 saturated heterocycles. The van der Waals surface area contributed by atoms with Crippen molar-refractivity contribution < 1.29 is 0 Å². The molecule has 1 aromatic carbocycles. The Kier molecular flexibility index (Phi) is 1.95. The van der Waals surface area contributed by atoms with E-state index in [1.165, 1.54) is 30.6 Å². The molecule has 0 radical (unpaired) electrons. The third-order valence-electron chi connectivity index (χ3n) is 2.80. The first-order valence-electron chi connectivity index (χ1n) is 5.01. The van der Waals surface area contributed by atoms with Crippen LogP contribution in [0, 0.1) is 13.8 Å². The van der Waals surface area contributed by atoms with E-state index >= 15 is 0 Å². The van der Waals surface area contributed by atoms with Crippen LogP contribution in [0.2, 0.25) is 0 Å². The summed E-state index contributed by atoms with van der Waals surface area (Å²) in [5.74, 6) is 0. The second-order valence-electron chi connectivity index (χ2n) is 3.86. The summed E-state index contributed by atoms with van der Waals surface area (Å²) in [6.45, 7) is 4.37. The molecule has 1 nitrogen and oxygen atoms in total. The minimum atomic E-state index is 0.405. The molecular formula is C13H11NSe. The van der Waals surface area contributed by atoms with Gasteiger partial charge in [0.2, 0.25) is 0 Å². The van der Waals surface area contributed by atoms with Crippen molar-refractivity contribution in [3.8, 4) is 0 Å². The topological polar surface area (TPSA) is 12.9 Å². The van der Waals surface area contributed by atoms with Gasteiger partial charge in [-0.15, -0.1) is 0 Å². The van der Waals surface area contributed by atoms with Crippen molar-refractivity contribution in [2.45, 2.75) is 13.8 Å². The normalized spacial score (nSPS) is 11.3. The summed E-state index contributed by atoms with van der Waals surface area (Å²) >= 11 is 0.405. The quantitative estimate of drug-likeness (QED) is 0.566. The van der Waals surface area contributed by atoms with E-state index in [0.29, 0.717) is 14.5 Å². The average molecular weight is 260 g/mol. The molecule has 0 bridgehead atoms. The molecule has 0 atom stereocenters. The molecule has 0 saturated carbocycles. The number of hydrogen-bond donors (Lipinski definition) is 0. The monoisotopic (exact) mass is 261 g/mol. The van der Waals surface area contributed by atoms with Crippen LogP contribution in [0.4, 0.5) is 0 Å². The summed E-state index contributed by atoms with van der Waals surface area (Å²) in [7, 11) is 0. The maximum absolute atomic E-state index is 4.50. The van der Waals surface area contributed by atoms with E-state index in [9.17, 15) is 0 Å². The standard InChI is InChI=1S/C13H11NSe/c1-8-6-7-14-13-11(8)10-5-3-4-9(2)12(10)15-13/h3-7H,1-2H3. The zero-order chi connectivity index (χ0) is 10.4. The molecule has 0 aliphatic heterocycles. The first-order valence-corrected chi connectivity index (χ1v) is 6.72. The van der Waals surface area contributed by atoms with Crippen molar-refractivity contribution in [1.82, 2.24) is 4.98 Å². The van der Waals surface area contributed by atoms with E-state index in [-0.39, 0.29) is 0 Å². The summed E-state index contributed by atoms with van der Waals surface area (Å²) in [5, 5.41) is 2.80. The van der Waals surface area contributed by atoms with Gasteiger partial charge in [-0.1, -0.05) is 0 Å². The number of pyridine rings is 1. The fourth-order valence-electron chi connectivity index (χ4n) is 2.02. The summed E-state index contributed by atoms with van der Waals surface area (Å²) in [5.41, 5.74) is 2.76. The summed E-state index contributed by atoms with van der Waals surface area (Å²) in [6, 6.07) is 8.67. The Morgan fingerprint density at radius 1 is 1.07 bits per heavy atom. The first-order chi connectivity index (χ1) is 7.27. The first kappa shape index (κ1) is 9.14. The Morgan fingerprint density at radius 3 is 2.80 bits per heavy atom. The number of rotatable bonds is 0. The summed E-state index contributed by atoms with van der Waals surface area (Å²) in [4.78, 5) is 4.50. The van der Waals surface area contributed by atoms with E-state index in [4.69, 9.17) is 0 Å². The molecule has 0 aliphatic rings. The van der Waals surface area contributed by atoms with E-state index in [1.54, 1.807) is 0 Å². The molecule has 0 N–H and O–H groups in total. The van der Waals surface area contributed by atoms with Crippen molar-refractivity contribution in [1.29, 1.82) is 0 Å². The molecule has 2 aromatic heterocycles. The van der Waals surface area contributed by atoms with Gasteiger partial charge in [0.15, 0.2) is 0 Å². The molecule has 0 spiro atoms. The van der Waals surface area contributed by atoms with E-state index in [0.717, 1.165) is 0 Å². The summed E-state index contributed by atoms with van der Waals surface area (Å²) in [6.07, 6.45) is 1.93. The molecule has 0 fully saturated rings. The molecule has 15 heavy (non-hydrogen) atoms. The zero-order valence-electron chi connectivity index (χ0n) is 8.74. The molecule has 0 aliphatic carbocycles. The molecule has 3 aromatic rings. The maximum atomic E-state index is 4.50. The van der Waals surface area contributed by atoms with Gasteiger partial charge >= 0.3 is 94.3 Å². The van der Waals surface area contributed by atoms with Crippen molar-refractivity contribution in [2.24, 2.45) is 0 Å². The SMILES string of the molecule is Cc1cccc2c1[se]c1nccc(C)c12. The third kappa shape index (κ3) is 1.26. The fourth-order valence-corrected chi connectivity index (χ4v) is 4.51. The zero-order valence-corrected chi connectivity index (χ0v) is 10.5. The number of aryl methyl sites for hydroxylation is 2. The second kappa shape index (κ2) is 3.19. The Hall–Kier alpha value is -1.11.